The predicted octanol–water partition coefficient (Wildman–Crippen LogP) is 4.61. The molecule has 0 saturated heterocycles. The Labute approximate surface area is 174 Å². The molecule has 7 heteroatoms. The lowest BCUT2D eigenvalue weighted by Crippen LogP contribution is -2.29. The minimum Gasteiger partial charge on any atom is -0.453 e. The van der Waals surface area contributed by atoms with Gasteiger partial charge < -0.3 is 9.73 Å². The van der Waals surface area contributed by atoms with Gasteiger partial charge in [0.1, 0.15) is 11.0 Å². The average molecular weight is 420 g/mol. The van der Waals surface area contributed by atoms with Crippen molar-refractivity contribution < 1.29 is 13.2 Å². The molecule has 1 N–H and O–H groups in total. The summed E-state index contributed by atoms with van der Waals surface area (Å²) < 4.78 is 35.9. The third-order valence-electron chi connectivity index (χ3n) is 6.52. The van der Waals surface area contributed by atoms with E-state index in [1.54, 1.807) is 12.1 Å². The highest BCUT2D eigenvalue weighted by Crippen LogP contribution is 2.39. The molecular weight excluding hydrogens is 402 g/mol. The lowest BCUT2D eigenvalue weighted by molar-refractivity contribution is 0.402. The molecule has 3 heterocycles. The summed E-state index contributed by atoms with van der Waals surface area (Å²) in [6.45, 7) is 0.754. The number of nitrogens with one attached hydrogen (secondary N) is 1. The molecule has 2 aromatic heterocycles. The van der Waals surface area contributed by atoms with Crippen LogP contribution in [-0.2, 0) is 6.42 Å². The van der Waals surface area contributed by atoms with Crippen LogP contribution < -0.4 is 16.3 Å². The first-order valence-electron chi connectivity index (χ1n) is 10.4. The zero-order valence-corrected chi connectivity index (χ0v) is 16.5. The molecule has 1 fully saturated rings. The van der Waals surface area contributed by atoms with Gasteiger partial charge in [-0.2, -0.15) is 0 Å². The number of hydrogen-bond acceptors (Lipinski definition) is 4. The molecule has 156 valence electrons. The maximum absolute atomic E-state index is 14.7. The molecule has 0 bridgehead atoms. The number of rotatable bonds is 2. The number of halogens is 2. The fourth-order valence-electron chi connectivity index (χ4n) is 4.69. The zero-order chi connectivity index (χ0) is 21.3. The fraction of sp³-hybridized carbons (Fsp3) is 0.250. The highest BCUT2D eigenvalue weighted by atomic mass is 19.2. The quantitative estimate of drug-likeness (QED) is 0.481. The second kappa shape index (κ2) is 6.51. The summed E-state index contributed by atoms with van der Waals surface area (Å²) in [6, 6.07) is 8.89. The molecular formula is C24H18F2N2O3. The van der Waals surface area contributed by atoms with Crippen molar-refractivity contribution in [2.75, 3.05) is 11.9 Å². The molecule has 6 rings (SSSR count). The molecule has 0 atom stereocenters. The van der Waals surface area contributed by atoms with Crippen LogP contribution in [0.1, 0.15) is 36.4 Å². The normalized spacial score (nSPS) is 15.8. The van der Waals surface area contributed by atoms with E-state index in [1.165, 1.54) is 12.1 Å². The highest BCUT2D eigenvalue weighted by Gasteiger charge is 2.28. The van der Waals surface area contributed by atoms with Crippen LogP contribution in [0.25, 0.3) is 27.6 Å². The van der Waals surface area contributed by atoms with Crippen LogP contribution in [0.4, 0.5) is 14.5 Å². The Balaban J connectivity index is 1.76. The number of nitrogens with zero attached hydrogens (tertiary/aromatic N) is 1. The Hall–Kier alpha value is -3.48. The Morgan fingerprint density at radius 1 is 1.10 bits per heavy atom. The summed E-state index contributed by atoms with van der Waals surface area (Å²) in [5.74, 6) is -2.15. The van der Waals surface area contributed by atoms with Gasteiger partial charge in [-0.1, -0.05) is 18.6 Å². The van der Waals surface area contributed by atoms with Crippen LogP contribution in [0, 0.1) is 11.6 Å². The van der Waals surface area contributed by atoms with Gasteiger partial charge in [0.2, 0.25) is 5.43 Å². The van der Waals surface area contributed by atoms with Crippen molar-refractivity contribution in [1.29, 1.82) is 0 Å². The van der Waals surface area contributed by atoms with Crippen LogP contribution in [0.2, 0.25) is 0 Å². The van der Waals surface area contributed by atoms with Crippen molar-refractivity contribution in [2.45, 2.75) is 31.6 Å². The van der Waals surface area contributed by atoms with E-state index < -0.39 is 22.6 Å². The van der Waals surface area contributed by atoms with Crippen LogP contribution in [0.5, 0.6) is 0 Å². The molecule has 2 aromatic carbocycles. The number of fused-ring (bicyclic) bond motifs is 4. The van der Waals surface area contributed by atoms with Gasteiger partial charge in [0.25, 0.3) is 5.56 Å². The topological polar surface area (TPSA) is 64.2 Å². The number of anilines is 1. The molecule has 2 aliphatic rings. The number of benzene rings is 2. The largest absolute Gasteiger partial charge is 0.453 e. The van der Waals surface area contributed by atoms with Gasteiger partial charge in [-0.3, -0.25) is 14.2 Å². The second-order valence-corrected chi connectivity index (χ2v) is 8.23. The first kappa shape index (κ1) is 18.3. The standard InChI is InChI=1S/C24H18F2N2O3/c25-15-5-2-6-16(20(15)26)28-17(12-3-1-4-12)11-18-19(24(28)30)22(29)14-8-7-13-9-10-27-21(13)23(14)31-18/h2,5-8,11-12,27H,1,3-4,9-10H2. The van der Waals surface area contributed by atoms with Gasteiger partial charge in [-0.05, 0) is 48.9 Å². The van der Waals surface area contributed by atoms with E-state index in [9.17, 15) is 18.4 Å². The minimum atomic E-state index is -1.11. The molecule has 31 heavy (non-hydrogen) atoms. The molecule has 5 nitrogen and oxygen atoms in total. The summed E-state index contributed by atoms with van der Waals surface area (Å²) >= 11 is 0. The van der Waals surface area contributed by atoms with Crippen molar-refractivity contribution in [1.82, 2.24) is 4.57 Å². The van der Waals surface area contributed by atoms with Crippen LogP contribution >= 0.6 is 0 Å². The third-order valence-corrected chi connectivity index (χ3v) is 6.52. The lowest BCUT2D eigenvalue weighted by atomic mass is 9.82. The van der Waals surface area contributed by atoms with E-state index in [4.69, 9.17) is 4.42 Å². The van der Waals surface area contributed by atoms with Crippen molar-refractivity contribution in [3.05, 3.63) is 79.9 Å². The zero-order valence-electron chi connectivity index (χ0n) is 16.5. The second-order valence-electron chi connectivity index (χ2n) is 8.23. The van der Waals surface area contributed by atoms with Gasteiger partial charge in [0.05, 0.1) is 16.8 Å². The summed E-state index contributed by atoms with van der Waals surface area (Å²) in [5, 5.41) is 3.39. The lowest BCUT2D eigenvalue weighted by Gasteiger charge is -2.28. The van der Waals surface area contributed by atoms with Crippen molar-refractivity contribution in [2.24, 2.45) is 0 Å². The van der Waals surface area contributed by atoms with Gasteiger partial charge in [-0.15, -0.1) is 0 Å². The van der Waals surface area contributed by atoms with Crippen LogP contribution in [-0.4, -0.2) is 11.1 Å². The molecule has 0 spiro atoms. The maximum Gasteiger partial charge on any atom is 0.270 e. The smallest absolute Gasteiger partial charge is 0.270 e. The Kier molecular flexibility index (Phi) is 3.84. The summed E-state index contributed by atoms with van der Waals surface area (Å²) in [5.41, 5.74) is 1.64. The number of hydrogen-bond donors (Lipinski definition) is 1. The Bertz CT molecular complexity index is 1520. The molecule has 0 unspecified atom stereocenters. The van der Waals surface area contributed by atoms with Crippen molar-refractivity contribution >= 4 is 27.6 Å². The van der Waals surface area contributed by atoms with E-state index in [2.05, 4.69) is 5.32 Å². The minimum absolute atomic E-state index is 0.0142. The predicted molar refractivity (Wildman–Crippen MR) is 114 cm³/mol. The van der Waals surface area contributed by atoms with Gasteiger partial charge in [-0.25, -0.2) is 8.78 Å². The Morgan fingerprint density at radius 2 is 1.94 bits per heavy atom. The summed E-state index contributed by atoms with van der Waals surface area (Å²) in [6.07, 6.45) is 3.48. The van der Waals surface area contributed by atoms with Crippen molar-refractivity contribution in [3.8, 4) is 5.69 Å². The maximum atomic E-state index is 14.7. The molecule has 4 aromatic rings. The van der Waals surface area contributed by atoms with E-state index in [0.29, 0.717) is 16.7 Å². The van der Waals surface area contributed by atoms with Crippen molar-refractivity contribution in [3.63, 3.8) is 0 Å². The summed E-state index contributed by atoms with van der Waals surface area (Å²) in [4.78, 5) is 26.9. The number of pyridine rings is 1. The van der Waals surface area contributed by atoms with Gasteiger partial charge in [0, 0.05) is 18.3 Å². The van der Waals surface area contributed by atoms with E-state index in [-0.39, 0.29) is 22.6 Å². The van der Waals surface area contributed by atoms with Crippen LogP contribution in [0.3, 0.4) is 0 Å². The van der Waals surface area contributed by atoms with E-state index in [1.807, 2.05) is 6.07 Å². The van der Waals surface area contributed by atoms with Gasteiger partial charge in [0.15, 0.2) is 17.2 Å². The first-order valence-corrected chi connectivity index (χ1v) is 10.4. The molecule has 1 saturated carbocycles. The van der Waals surface area contributed by atoms with E-state index >= 15 is 0 Å². The highest BCUT2D eigenvalue weighted by molar-refractivity contribution is 5.97. The van der Waals surface area contributed by atoms with Crippen LogP contribution in [0.15, 0.2) is 50.4 Å². The first-order chi connectivity index (χ1) is 15.0. The Morgan fingerprint density at radius 3 is 2.71 bits per heavy atom. The molecule has 1 aliphatic heterocycles. The molecule has 1 aliphatic carbocycles. The number of aromatic nitrogens is 1. The molecule has 0 amide bonds. The fourth-order valence-corrected chi connectivity index (χ4v) is 4.69. The monoisotopic (exact) mass is 420 g/mol. The third kappa shape index (κ3) is 2.52. The average Bonchev–Trinajstić information content (AvgIpc) is 3.19. The summed E-state index contributed by atoms with van der Waals surface area (Å²) in [7, 11) is 0. The molecule has 0 radical (unpaired) electrons. The SMILES string of the molecule is O=c1c2ccc3c(c2oc2cc(C4CCC4)n(-c4cccc(F)c4F)c(=O)c12)NCC3. The van der Waals surface area contributed by atoms with E-state index in [0.717, 1.165) is 54.1 Å². The van der Waals surface area contributed by atoms with Gasteiger partial charge >= 0.3 is 0 Å².